The molecule has 0 unspecified atom stereocenters. The molecule has 9 nitrogen and oxygen atoms in total. The number of anilines is 2. The van der Waals surface area contributed by atoms with Gasteiger partial charge < -0.3 is 15.4 Å². The quantitative estimate of drug-likeness (QED) is 0.517. The number of benzene rings is 2. The summed E-state index contributed by atoms with van der Waals surface area (Å²) in [4.78, 5) is 37.2. The lowest BCUT2D eigenvalue weighted by Gasteiger charge is -2.17. The zero-order valence-electron chi connectivity index (χ0n) is 16.3. The summed E-state index contributed by atoms with van der Waals surface area (Å²) in [6.45, 7) is 0. The number of amides is 2. The van der Waals surface area contributed by atoms with Crippen molar-refractivity contribution in [2.24, 2.45) is 0 Å². The largest absolute Gasteiger partial charge is 0.455 e. The van der Waals surface area contributed by atoms with E-state index >= 15 is 0 Å². The number of aromatic nitrogens is 2. The van der Waals surface area contributed by atoms with Crippen LogP contribution in [-0.2, 0) is 16.4 Å². The van der Waals surface area contributed by atoms with Crippen LogP contribution in [-0.4, -0.2) is 22.0 Å². The predicted molar refractivity (Wildman–Crippen MR) is 108 cm³/mol. The number of rotatable bonds is 4. The van der Waals surface area contributed by atoms with E-state index in [0.29, 0.717) is 30.2 Å². The van der Waals surface area contributed by atoms with E-state index in [9.17, 15) is 27.6 Å². The number of aromatic amines is 1. The van der Waals surface area contributed by atoms with E-state index in [-0.39, 0.29) is 17.3 Å². The molecule has 0 bridgehead atoms. The zero-order chi connectivity index (χ0) is 23.5. The summed E-state index contributed by atoms with van der Waals surface area (Å²) in [5.41, 5.74) is -0.943. The Hall–Kier alpha value is -3.80. The highest BCUT2D eigenvalue weighted by Crippen LogP contribution is 2.56. The zero-order valence-corrected chi connectivity index (χ0v) is 17.1. The predicted octanol–water partition coefficient (Wildman–Crippen LogP) is 4.06. The second-order valence-corrected chi connectivity index (χ2v) is 7.98. The minimum Gasteiger partial charge on any atom is -0.455 e. The smallest absolute Gasteiger partial charge is 0.439 e. The number of fused-ring (bicyclic) bond motifs is 2. The van der Waals surface area contributed by atoms with Crippen LogP contribution in [0.3, 0.4) is 0 Å². The van der Waals surface area contributed by atoms with Crippen molar-refractivity contribution in [1.29, 1.82) is 0 Å². The molecule has 1 aliphatic carbocycles. The van der Waals surface area contributed by atoms with E-state index in [1.807, 2.05) is 4.98 Å². The SMILES string of the molecule is O=C(Nc1cc(Cl)c(Oc2ccc3c(c2)C2(CC2)C(=O)N3)c(C(F)(F)F)c1)c1noc(=O)[nH]1. The molecule has 33 heavy (non-hydrogen) atoms. The number of nitrogens with one attached hydrogen (secondary N) is 3. The molecule has 1 aromatic heterocycles. The van der Waals surface area contributed by atoms with E-state index in [1.54, 1.807) is 6.07 Å². The van der Waals surface area contributed by atoms with Gasteiger partial charge in [-0.25, -0.2) is 4.79 Å². The van der Waals surface area contributed by atoms with Crippen LogP contribution in [0.15, 0.2) is 39.6 Å². The van der Waals surface area contributed by atoms with Crippen molar-refractivity contribution in [3.8, 4) is 11.5 Å². The van der Waals surface area contributed by atoms with Crippen LogP contribution in [0, 0.1) is 0 Å². The van der Waals surface area contributed by atoms with Crippen molar-refractivity contribution in [3.05, 3.63) is 62.9 Å². The maximum atomic E-state index is 13.8. The molecular formula is C20H12ClF3N4O5. The van der Waals surface area contributed by atoms with Crippen LogP contribution in [0.1, 0.15) is 34.6 Å². The lowest BCUT2D eigenvalue weighted by Crippen LogP contribution is -2.18. The third-order valence-electron chi connectivity index (χ3n) is 5.42. The molecule has 0 atom stereocenters. The molecule has 5 rings (SSSR count). The van der Waals surface area contributed by atoms with Crippen molar-refractivity contribution < 1.29 is 32.0 Å². The molecule has 0 radical (unpaired) electrons. The Bertz CT molecular complexity index is 1380. The third-order valence-corrected chi connectivity index (χ3v) is 5.70. The summed E-state index contributed by atoms with van der Waals surface area (Å²) in [6, 6.07) is 6.20. The summed E-state index contributed by atoms with van der Waals surface area (Å²) < 4.78 is 51.1. The van der Waals surface area contributed by atoms with Gasteiger partial charge in [0.2, 0.25) is 11.7 Å². The monoisotopic (exact) mass is 480 g/mol. The number of hydrogen-bond acceptors (Lipinski definition) is 6. The van der Waals surface area contributed by atoms with Crippen LogP contribution in [0.25, 0.3) is 0 Å². The number of alkyl halides is 3. The second kappa shape index (κ2) is 7.10. The average molecular weight is 481 g/mol. The molecule has 2 amide bonds. The molecular weight excluding hydrogens is 469 g/mol. The Morgan fingerprint density at radius 2 is 1.97 bits per heavy atom. The Balaban J connectivity index is 1.48. The normalized spacial score (nSPS) is 15.8. The number of H-pyrrole nitrogens is 1. The van der Waals surface area contributed by atoms with Crippen LogP contribution in [0.2, 0.25) is 5.02 Å². The molecule has 170 valence electrons. The Labute approximate surface area is 186 Å². The number of nitrogens with zero attached hydrogens (tertiary/aromatic N) is 1. The van der Waals surface area contributed by atoms with E-state index in [2.05, 4.69) is 20.3 Å². The number of halogens is 4. The van der Waals surface area contributed by atoms with Gasteiger partial charge in [-0.05, 0) is 53.9 Å². The summed E-state index contributed by atoms with van der Waals surface area (Å²) in [7, 11) is 0. The van der Waals surface area contributed by atoms with Gasteiger partial charge in [0.25, 0.3) is 5.91 Å². The lowest BCUT2D eigenvalue weighted by molar-refractivity contribution is -0.138. The molecule has 2 aliphatic rings. The number of carbonyl (C=O) groups is 2. The summed E-state index contributed by atoms with van der Waals surface area (Å²) >= 11 is 6.10. The maximum Gasteiger partial charge on any atom is 0.439 e. The minimum absolute atomic E-state index is 0.0703. The number of hydrogen-bond donors (Lipinski definition) is 3. The van der Waals surface area contributed by atoms with Crippen molar-refractivity contribution >= 4 is 34.8 Å². The second-order valence-electron chi connectivity index (χ2n) is 7.58. The Morgan fingerprint density at radius 3 is 2.61 bits per heavy atom. The van der Waals surface area contributed by atoms with Crippen molar-refractivity contribution in [3.63, 3.8) is 0 Å². The first-order valence-corrected chi connectivity index (χ1v) is 9.86. The van der Waals surface area contributed by atoms with Gasteiger partial charge in [-0.15, -0.1) is 0 Å². The first-order valence-electron chi connectivity index (χ1n) is 9.49. The Morgan fingerprint density at radius 1 is 1.21 bits per heavy atom. The fraction of sp³-hybridized carbons (Fsp3) is 0.200. The molecule has 1 aliphatic heterocycles. The summed E-state index contributed by atoms with van der Waals surface area (Å²) in [5.74, 6) is -3.28. The maximum absolute atomic E-state index is 13.8. The highest BCUT2D eigenvalue weighted by Gasteiger charge is 2.56. The molecule has 3 N–H and O–H groups in total. The van der Waals surface area contributed by atoms with Crippen LogP contribution < -0.4 is 21.1 Å². The molecule has 0 saturated heterocycles. The fourth-order valence-electron chi connectivity index (χ4n) is 3.69. The van der Waals surface area contributed by atoms with Crippen LogP contribution >= 0.6 is 11.6 Å². The van der Waals surface area contributed by atoms with Crippen molar-refractivity contribution in [2.45, 2.75) is 24.4 Å². The molecule has 1 spiro atoms. The van der Waals surface area contributed by atoms with E-state index in [0.717, 1.165) is 6.07 Å². The van der Waals surface area contributed by atoms with Crippen LogP contribution in [0.5, 0.6) is 11.5 Å². The van der Waals surface area contributed by atoms with Crippen molar-refractivity contribution in [2.75, 3.05) is 10.6 Å². The molecule has 1 saturated carbocycles. The topological polar surface area (TPSA) is 126 Å². The van der Waals surface area contributed by atoms with Crippen molar-refractivity contribution in [1.82, 2.24) is 10.1 Å². The molecule has 3 aromatic rings. The standard InChI is InChI=1S/C20H12ClF3N4O5/c21-12-6-8(25-16(29)15-27-18(31)33-28-15)5-11(20(22,23)24)14(12)32-9-1-2-13-10(7-9)19(3-4-19)17(30)26-13/h1-2,5-7H,3-4H2,(H,25,29)(H,26,30)(H,27,28,31). The number of carbonyl (C=O) groups excluding carboxylic acids is 2. The van der Waals surface area contributed by atoms with E-state index < -0.39 is 45.4 Å². The highest BCUT2D eigenvalue weighted by molar-refractivity contribution is 6.32. The van der Waals surface area contributed by atoms with E-state index in [4.69, 9.17) is 16.3 Å². The van der Waals surface area contributed by atoms with Gasteiger partial charge in [-0.3, -0.25) is 19.1 Å². The fourth-order valence-corrected chi connectivity index (χ4v) is 3.95. The average Bonchev–Trinajstić information content (AvgIpc) is 3.36. The van der Waals surface area contributed by atoms with Gasteiger partial charge in [0.05, 0.1) is 10.4 Å². The first-order chi connectivity index (χ1) is 15.6. The molecule has 1 fully saturated rings. The van der Waals surface area contributed by atoms with Gasteiger partial charge in [0.15, 0.2) is 5.75 Å². The Kier molecular flexibility index (Phi) is 4.53. The summed E-state index contributed by atoms with van der Waals surface area (Å²) in [5, 5.41) is 7.65. The molecule has 2 aromatic carbocycles. The summed E-state index contributed by atoms with van der Waals surface area (Å²) in [6.07, 6.45) is -3.59. The van der Waals surface area contributed by atoms with Gasteiger partial charge in [-0.1, -0.05) is 11.6 Å². The van der Waals surface area contributed by atoms with Gasteiger partial charge in [0.1, 0.15) is 11.3 Å². The highest BCUT2D eigenvalue weighted by atomic mass is 35.5. The molecule has 2 heterocycles. The molecule has 13 heteroatoms. The van der Waals surface area contributed by atoms with Gasteiger partial charge in [-0.2, -0.15) is 13.2 Å². The minimum atomic E-state index is -4.88. The van der Waals surface area contributed by atoms with E-state index in [1.165, 1.54) is 12.1 Å². The third kappa shape index (κ3) is 3.61. The van der Waals surface area contributed by atoms with Gasteiger partial charge in [0, 0.05) is 11.4 Å². The first kappa shape index (κ1) is 21.1. The number of ether oxygens (including phenoxy) is 1. The van der Waals surface area contributed by atoms with Crippen LogP contribution in [0.4, 0.5) is 24.5 Å². The lowest BCUT2D eigenvalue weighted by atomic mass is 9.98. The van der Waals surface area contributed by atoms with Gasteiger partial charge >= 0.3 is 11.9 Å².